The van der Waals surface area contributed by atoms with Gasteiger partial charge in [-0.3, -0.25) is 14.5 Å². The van der Waals surface area contributed by atoms with E-state index in [1.54, 1.807) is 0 Å². The van der Waals surface area contributed by atoms with Crippen molar-refractivity contribution in [1.82, 2.24) is 14.8 Å². The maximum atomic E-state index is 13.3. The summed E-state index contributed by atoms with van der Waals surface area (Å²) in [4.78, 5) is 28.7. The van der Waals surface area contributed by atoms with Crippen LogP contribution in [0.2, 0.25) is 0 Å². The molecular formula is C28H36N4O3. The van der Waals surface area contributed by atoms with Crippen LogP contribution < -0.4 is 10.6 Å². The van der Waals surface area contributed by atoms with Crippen LogP contribution in [-0.2, 0) is 20.9 Å². The molecule has 1 saturated heterocycles. The molecule has 7 nitrogen and oxygen atoms in total. The van der Waals surface area contributed by atoms with E-state index in [1.807, 2.05) is 6.07 Å². The van der Waals surface area contributed by atoms with E-state index in [2.05, 4.69) is 63.4 Å². The zero-order valence-corrected chi connectivity index (χ0v) is 20.6. The second-order valence-electron chi connectivity index (χ2n) is 9.73. The van der Waals surface area contributed by atoms with Crippen molar-refractivity contribution in [2.75, 3.05) is 44.7 Å². The van der Waals surface area contributed by atoms with Crippen LogP contribution >= 0.6 is 0 Å². The van der Waals surface area contributed by atoms with Gasteiger partial charge >= 0.3 is 0 Å². The first-order valence-electron chi connectivity index (χ1n) is 13.1. The van der Waals surface area contributed by atoms with Crippen molar-refractivity contribution in [2.24, 2.45) is 11.8 Å². The summed E-state index contributed by atoms with van der Waals surface area (Å²) in [6.45, 7) is 7.80. The SMILES string of the molecule is CCn1c2ccccc2c2cc(NC(=O)C3CCCCC3C(=O)NCCN3CCOCC3)ccc21. The van der Waals surface area contributed by atoms with Crippen LogP contribution in [0.15, 0.2) is 42.5 Å². The third-order valence-electron chi connectivity index (χ3n) is 7.63. The van der Waals surface area contributed by atoms with Crippen LogP contribution in [0.25, 0.3) is 21.8 Å². The number of hydrogen-bond donors (Lipinski definition) is 2. The van der Waals surface area contributed by atoms with Gasteiger partial charge < -0.3 is 19.9 Å². The summed E-state index contributed by atoms with van der Waals surface area (Å²) in [6.07, 6.45) is 3.50. The fourth-order valence-electron chi connectivity index (χ4n) is 5.76. The highest BCUT2D eigenvalue weighted by Gasteiger charge is 2.35. The highest BCUT2D eigenvalue weighted by Crippen LogP contribution is 2.33. The monoisotopic (exact) mass is 476 g/mol. The molecule has 0 radical (unpaired) electrons. The van der Waals surface area contributed by atoms with E-state index in [-0.39, 0.29) is 23.7 Å². The van der Waals surface area contributed by atoms with E-state index in [4.69, 9.17) is 4.74 Å². The quantitative estimate of drug-likeness (QED) is 0.540. The number of benzene rings is 2. The number of nitrogens with zero attached hydrogens (tertiary/aromatic N) is 2. The van der Waals surface area contributed by atoms with E-state index in [0.717, 1.165) is 76.1 Å². The number of nitrogens with one attached hydrogen (secondary N) is 2. The molecule has 7 heteroatoms. The number of amides is 2. The standard InChI is InChI=1S/C28H36N4O3/c1-2-32-25-10-6-5-7-21(25)24-19-20(11-12-26(24)32)30-28(34)23-9-4-3-8-22(23)27(33)29-13-14-31-15-17-35-18-16-31/h5-7,10-12,19,22-23H,2-4,8-9,13-18H2,1H3,(H,29,33)(H,30,34). The Balaban J connectivity index is 1.27. The molecule has 1 aliphatic heterocycles. The molecule has 2 amide bonds. The molecule has 2 unspecified atom stereocenters. The fourth-order valence-corrected chi connectivity index (χ4v) is 5.76. The van der Waals surface area contributed by atoms with Gasteiger partial charge in [0.1, 0.15) is 0 Å². The Hall–Kier alpha value is -2.90. The Morgan fingerprint density at radius 1 is 0.943 bits per heavy atom. The van der Waals surface area contributed by atoms with Gasteiger partial charge in [-0.2, -0.15) is 0 Å². The predicted octanol–water partition coefficient (Wildman–Crippen LogP) is 4.01. The van der Waals surface area contributed by atoms with Crippen molar-refractivity contribution in [1.29, 1.82) is 0 Å². The van der Waals surface area contributed by atoms with Crippen LogP contribution in [0.5, 0.6) is 0 Å². The lowest BCUT2D eigenvalue weighted by atomic mass is 9.78. The van der Waals surface area contributed by atoms with Gasteiger partial charge in [-0.1, -0.05) is 31.0 Å². The van der Waals surface area contributed by atoms with Crippen molar-refractivity contribution in [3.63, 3.8) is 0 Å². The molecule has 186 valence electrons. The number of fused-ring (bicyclic) bond motifs is 3. The molecule has 1 aliphatic carbocycles. The number of anilines is 1. The summed E-state index contributed by atoms with van der Waals surface area (Å²) >= 11 is 0. The van der Waals surface area contributed by atoms with Gasteiger partial charge in [0.15, 0.2) is 0 Å². The first-order valence-corrected chi connectivity index (χ1v) is 13.1. The van der Waals surface area contributed by atoms with E-state index in [1.165, 1.54) is 16.4 Å². The second-order valence-corrected chi connectivity index (χ2v) is 9.73. The minimum Gasteiger partial charge on any atom is -0.379 e. The van der Waals surface area contributed by atoms with E-state index >= 15 is 0 Å². The smallest absolute Gasteiger partial charge is 0.228 e. The zero-order chi connectivity index (χ0) is 24.2. The number of ether oxygens (including phenoxy) is 1. The lowest BCUT2D eigenvalue weighted by Gasteiger charge is -2.30. The minimum atomic E-state index is -0.292. The number of carbonyl (C=O) groups is 2. The maximum Gasteiger partial charge on any atom is 0.228 e. The summed E-state index contributed by atoms with van der Waals surface area (Å²) in [5, 5.41) is 8.57. The molecule has 2 N–H and O–H groups in total. The molecule has 2 aromatic carbocycles. The van der Waals surface area contributed by atoms with Gasteiger partial charge in [-0.15, -0.1) is 0 Å². The van der Waals surface area contributed by atoms with Crippen molar-refractivity contribution >= 4 is 39.3 Å². The van der Waals surface area contributed by atoms with Gasteiger partial charge in [0, 0.05) is 72.1 Å². The largest absolute Gasteiger partial charge is 0.379 e. The summed E-state index contributed by atoms with van der Waals surface area (Å²) in [5.41, 5.74) is 3.16. The van der Waals surface area contributed by atoms with Crippen molar-refractivity contribution in [3.05, 3.63) is 42.5 Å². The Kier molecular flexibility index (Phi) is 7.35. The molecule has 1 saturated carbocycles. The predicted molar refractivity (Wildman–Crippen MR) is 139 cm³/mol. The highest BCUT2D eigenvalue weighted by atomic mass is 16.5. The first kappa shape index (κ1) is 23.8. The lowest BCUT2D eigenvalue weighted by molar-refractivity contribution is -0.134. The summed E-state index contributed by atoms with van der Waals surface area (Å²) in [5.74, 6) is -0.588. The first-order chi connectivity index (χ1) is 17.2. The summed E-state index contributed by atoms with van der Waals surface area (Å²) < 4.78 is 7.69. The van der Waals surface area contributed by atoms with E-state index in [0.29, 0.717) is 6.54 Å². The molecule has 1 aromatic heterocycles. The average Bonchev–Trinajstić information content (AvgIpc) is 3.22. The molecule has 2 atom stereocenters. The van der Waals surface area contributed by atoms with Crippen molar-refractivity contribution in [2.45, 2.75) is 39.2 Å². The fraction of sp³-hybridized carbons (Fsp3) is 0.500. The molecule has 2 fully saturated rings. The Morgan fingerprint density at radius 2 is 1.66 bits per heavy atom. The molecule has 5 rings (SSSR count). The molecular weight excluding hydrogens is 440 g/mol. The molecule has 0 bridgehead atoms. The van der Waals surface area contributed by atoms with Crippen LogP contribution in [0, 0.1) is 11.8 Å². The van der Waals surface area contributed by atoms with Crippen molar-refractivity contribution in [3.8, 4) is 0 Å². The third-order valence-corrected chi connectivity index (χ3v) is 7.63. The summed E-state index contributed by atoms with van der Waals surface area (Å²) in [6, 6.07) is 14.5. The Labute approximate surface area is 206 Å². The second kappa shape index (κ2) is 10.8. The normalized spacial score (nSPS) is 21.3. The van der Waals surface area contributed by atoms with Crippen LogP contribution in [-0.4, -0.2) is 60.7 Å². The zero-order valence-electron chi connectivity index (χ0n) is 20.6. The molecule has 35 heavy (non-hydrogen) atoms. The van der Waals surface area contributed by atoms with Crippen molar-refractivity contribution < 1.29 is 14.3 Å². The number of rotatable bonds is 7. The Morgan fingerprint density at radius 3 is 2.43 bits per heavy atom. The van der Waals surface area contributed by atoms with Gasteiger partial charge in [0.25, 0.3) is 0 Å². The molecule has 3 aromatic rings. The number of hydrogen-bond acceptors (Lipinski definition) is 4. The lowest BCUT2D eigenvalue weighted by Crippen LogP contribution is -2.45. The summed E-state index contributed by atoms with van der Waals surface area (Å²) in [7, 11) is 0. The molecule has 2 aliphatic rings. The molecule has 0 spiro atoms. The number of carbonyl (C=O) groups excluding carboxylic acids is 2. The van der Waals surface area contributed by atoms with Gasteiger partial charge in [0.05, 0.1) is 13.2 Å². The number of aryl methyl sites for hydroxylation is 1. The Bertz CT molecular complexity index is 1200. The topological polar surface area (TPSA) is 75.6 Å². The maximum absolute atomic E-state index is 13.3. The number of para-hydroxylation sites is 1. The highest BCUT2D eigenvalue weighted by molar-refractivity contribution is 6.10. The van der Waals surface area contributed by atoms with Crippen LogP contribution in [0.3, 0.4) is 0 Å². The van der Waals surface area contributed by atoms with E-state index < -0.39 is 0 Å². The average molecular weight is 477 g/mol. The van der Waals surface area contributed by atoms with Crippen LogP contribution in [0.1, 0.15) is 32.6 Å². The van der Waals surface area contributed by atoms with Gasteiger partial charge in [0.2, 0.25) is 11.8 Å². The number of morpholine rings is 1. The van der Waals surface area contributed by atoms with Gasteiger partial charge in [-0.05, 0) is 44.0 Å². The van der Waals surface area contributed by atoms with Gasteiger partial charge in [-0.25, -0.2) is 0 Å². The number of aromatic nitrogens is 1. The third kappa shape index (κ3) is 5.07. The minimum absolute atomic E-state index is 0.0135. The molecule has 2 heterocycles. The van der Waals surface area contributed by atoms with E-state index in [9.17, 15) is 9.59 Å². The van der Waals surface area contributed by atoms with Crippen LogP contribution in [0.4, 0.5) is 5.69 Å².